The molecule has 0 aromatic heterocycles. The average Bonchev–Trinajstić information content (AvgIpc) is 2.08. The normalized spacial score (nSPS) is 14.2. The van der Waals surface area contributed by atoms with Crippen molar-refractivity contribution in [1.82, 2.24) is 5.32 Å². The third-order valence-corrected chi connectivity index (χ3v) is 1.85. The summed E-state index contributed by atoms with van der Waals surface area (Å²) in [4.78, 5) is 11.5. The van der Waals surface area contributed by atoms with Crippen LogP contribution in [0, 0.1) is 5.92 Å². The zero-order valence-corrected chi connectivity index (χ0v) is 10.8. The summed E-state index contributed by atoms with van der Waals surface area (Å²) >= 11 is 0. The number of hydrogen-bond donors (Lipinski definition) is 2. The van der Waals surface area contributed by atoms with Crippen molar-refractivity contribution in [1.29, 1.82) is 0 Å². The van der Waals surface area contributed by atoms with Crippen molar-refractivity contribution in [2.24, 2.45) is 5.92 Å². The number of nitrogens with one attached hydrogen (secondary N) is 1. The van der Waals surface area contributed by atoms with E-state index in [1.807, 2.05) is 34.6 Å². The summed E-state index contributed by atoms with van der Waals surface area (Å²) in [7, 11) is 0. The summed E-state index contributed by atoms with van der Waals surface area (Å²) in [6.45, 7) is 9.41. The molecule has 94 valence electrons. The molecule has 4 nitrogen and oxygen atoms in total. The smallest absolute Gasteiger partial charge is 0.408 e. The van der Waals surface area contributed by atoms with Crippen LogP contribution >= 0.6 is 0 Å². The zero-order valence-electron chi connectivity index (χ0n) is 10.8. The second-order valence-corrected chi connectivity index (χ2v) is 5.03. The Morgan fingerprint density at radius 2 is 2.00 bits per heavy atom. The molecule has 0 saturated heterocycles. The first-order chi connectivity index (χ1) is 7.26. The van der Waals surface area contributed by atoms with E-state index >= 15 is 0 Å². The Morgan fingerprint density at radius 1 is 1.44 bits per heavy atom. The summed E-state index contributed by atoms with van der Waals surface area (Å²) < 4.78 is 5.15. The molecule has 0 spiro atoms. The van der Waals surface area contributed by atoms with Gasteiger partial charge in [-0.15, -0.1) is 0 Å². The number of aliphatic hydroxyl groups excluding tert-OH is 1. The molecule has 0 aliphatic carbocycles. The summed E-state index contributed by atoms with van der Waals surface area (Å²) in [6, 6.07) is -0.123. The Labute approximate surface area is 97.7 Å². The van der Waals surface area contributed by atoms with E-state index in [0.29, 0.717) is 0 Å². The molecule has 0 aliphatic heterocycles. The van der Waals surface area contributed by atoms with Gasteiger partial charge in [0.25, 0.3) is 0 Å². The molecule has 0 radical (unpaired) electrons. The zero-order chi connectivity index (χ0) is 12.8. The van der Waals surface area contributed by atoms with Gasteiger partial charge in [-0.05, 0) is 26.7 Å². The topological polar surface area (TPSA) is 58.6 Å². The van der Waals surface area contributed by atoms with E-state index in [1.54, 1.807) is 12.2 Å². The second kappa shape index (κ2) is 6.53. The number of aliphatic hydroxyl groups is 1. The highest BCUT2D eigenvalue weighted by atomic mass is 16.6. The van der Waals surface area contributed by atoms with Gasteiger partial charge >= 0.3 is 6.09 Å². The van der Waals surface area contributed by atoms with Gasteiger partial charge in [-0.2, -0.15) is 0 Å². The highest BCUT2D eigenvalue weighted by Crippen LogP contribution is 2.09. The monoisotopic (exact) mass is 229 g/mol. The van der Waals surface area contributed by atoms with Gasteiger partial charge < -0.3 is 15.2 Å². The lowest BCUT2D eigenvalue weighted by Gasteiger charge is -2.24. The Morgan fingerprint density at radius 3 is 2.38 bits per heavy atom. The predicted octanol–water partition coefficient (Wildman–Crippen LogP) is 2.08. The largest absolute Gasteiger partial charge is 0.444 e. The number of hydrogen-bond acceptors (Lipinski definition) is 3. The predicted molar refractivity (Wildman–Crippen MR) is 64.2 cm³/mol. The molecule has 0 aromatic rings. The summed E-state index contributed by atoms with van der Waals surface area (Å²) in [5, 5.41) is 11.4. The van der Waals surface area contributed by atoms with Crippen molar-refractivity contribution in [2.75, 3.05) is 6.61 Å². The molecular weight excluding hydrogens is 206 g/mol. The number of amides is 1. The third-order valence-electron chi connectivity index (χ3n) is 1.85. The summed E-state index contributed by atoms with van der Waals surface area (Å²) in [6.07, 6.45) is 2.95. The molecule has 0 aromatic carbocycles. The first-order valence-electron chi connectivity index (χ1n) is 5.53. The quantitative estimate of drug-likeness (QED) is 0.726. The Hall–Kier alpha value is -1.03. The van der Waals surface area contributed by atoms with Crippen molar-refractivity contribution in [3.63, 3.8) is 0 Å². The second-order valence-electron chi connectivity index (χ2n) is 5.03. The van der Waals surface area contributed by atoms with Crippen LogP contribution in [0.15, 0.2) is 12.2 Å². The fraction of sp³-hybridized carbons (Fsp3) is 0.750. The Balaban J connectivity index is 4.30. The molecule has 1 unspecified atom stereocenters. The Bertz CT molecular complexity index is 241. The van der Waals surface area contributed by atoms with Crippen LogP contribution in [0.2, 0.25) is 0 Å². The molecule has 0 saturated carbocycles. The van der Waals surface area contributed by atoms with Gasteiger partial charge in [-0.25, -0.2) is 4.79 Å². The molecule has 0 fully saturated rings. The molecule has 1 atom stereocenters. The molecule has 16 heavy (non-hydrogen) atoms. The molecular formula is C12H23NO3. The summed E-state index contributed by atoms with van der Waals surface area (Å²) in [5.74, 6) is 0.246. The molecule has 0 bridgehead atoms. The minimum Gasteiger partial charge on any atom is -0.444 e. The maximum absolute atomic E-state index is 11.5. The van der Waals surface area contributed by atoms with Crippen LogP contribution in [0.4, 0.5) is 4.79 Å². The lowest BCUT2D eigenvalue weighted by molar-refractivity contribution is 0.0504. The lowest BCUT2D eigenvalue weighted by Crippen LogP contribution is -2.40. The van der Waals surface area contributed by atoms with Gasteiger partial charge in [0.2, 0.25) is 0 Å². The molecule has 1 amide bonds. The van der Waals surface area contributed by atoms with Gasteiger partial charge in [0.1, 0.15) is 5.60 Å². The highest BCUT2D eigenvalue weighted by molar-refractivity contribution is 5.68. The van der Waals surface area contributed by atoms with E-state index < -0.39 is 11.7 Å². The van der Waals surface area contributed by atoms with E-state index in [1.165, 1.54) is 0 Å². The number of carbonyl (C=O) groups is 1. The van der Waals surface area contributed by atoms with Crippen LogP contribution < -0.4 is 5.32 Å². The minimum absolute atomic E-state index is 0.0286. The van der Waals surface area contributed by atoms with Gasteiger partial charge in [0.05, 0.1) is 12.6 Å². The first-order valence-corrected chi connectivity index (χ1v) is 5.53. The Kier molecular flexibility index (Phi) is 6.11. The number of rotatable bonds is 4. The first kappa shape index (κ1) is 15.0. The highest BCUT2D eigenvalue weighted by Gasteiger charge is 2.19. The van der Waals surface area contributed by atoms with E-state index in [-0.39, 0.29) is 18.6 Å². The molecule has 0 rings (SSSR count). The van der Waals surface area contributed by atoms with Crippen LogP contribution in [0.1, 0.15) is 34.6 Å². The molecule has 0 aliphatic rings. The summed E-state index contributed by atoms with van der Waals surface area (Å²) in [5.41, 5.74) is -0.494. The third kappa shape index (κ3) is 7.29. The molecule has 4 heteroatoms. The maximum Gasteiger partial charge on any atom is 0.408 e. The fourth-order valence-corrected chi connectivity index (χ4v) is 1.09. The van der Waals surface area contributed by atoms with E-state index in [4.69, 9.17) is 9.84 Å². The number of ether oxygens (including phenoxy) is 1. The van der Waals surface area contributed by atoms with Crippen LogP contribution in [-0.4, -0.2) is 29.4 Å². The number of alkyl carbamates (subject to hydrolysis) is 1. The van der Waals surface area contributed by atoms with E-state index in [9.17, 15) is 4.79 Å². The van der Waals surface area contributed by atoms with Gasteiger partial charge in [0, 0.05) is 0 Å². The number of carbonyl (C=O) groups excluding carboxylic acids is 1. The van der Waals surface area contributed by atoms with Crippen LogP contribution in [0.25, 0.3) is 0 Å². The molecule has 0 heterocycles. The SMILES string of the molecule is CC(C)C(/C=C\CO)NC(=O)OC(C)(C)C. The maximum atomic E-state index is 11.5. The van der Waals surface area contributed by atoms with Crippen LogP contribution in [0.5, 0.6) is 0 Å². The van der Waals surface area contributed by atoms with Gasteiger partial charge in [0.15, 0.2) is 0 Å². The van der Waals surface area contributed by atoms with Crippen molar-refractivity contribution < 1.29 is 14.6 Å². The van der Waals surface area contributed by atoms with Crippen LogP contribution in [0.3, 0.4) is 0 Å². The van der Waals surface area contributed by atoms with E-state index in [2.05, 4.69) is 5.32 Å². The molecule has 2 N–H and O–H groups in total. The van der Waals surface area contributed by atoms with Crippen molar-refractivity contribution in [3.05, 3.63) is 12.2 Å². The standard InChI is InChI=1S/C12H23NO3/c1-9(2)10(7-6-8-14)13-11(15)16-12(3,4)5/h6-7,9-10,14H,8H2,1-5H3,(H,13,15)/b7-6-. The van der Waals surface area contributed by atoms with E-state index in [0.717, 1.165) is 0 Å². The van der Waals surface area contributed by atoms with Crippen molar-refractivity contribution in [3.8, 4) is 0 Å². The van der Waals surface area contributed by atoms with Crippen LogP contribution in [-0.2, 0) is 4.74 Å². The minimum atomic E-state index is -0.494. The van der Waals surface area contributed by atoms with Crippen molar-refractivity contribution in [2.45, 2.75) is 46.3 Å². The van der Waals surface area contributed by atoms with Gasteiger partial charge in [-0.1, -0.05) is 26.0 Å². The van der Waals surface area contributed by atoms with Gasteiger partial charge in [-0.3, -0.25) is 0 Å². The average molecular weight is 229 g/mol. The van der Waals surface area contributed by atoms with Crippen molar-refractivity contribution >= 4 is 6.09 Å². The lowest BCUT2D eigenvalue weighted by atomic mass is 10.0. The fourth-order valence-electron chi connectivity index (χ4n) is 1.09.